The number of hydrogen-bond donors (Lipinski definition) is 1. The Morgan fingerprint density at radius 3 is 2.24 bits per heavy atom. The smallest absolute Gasteiger partial charge is 0.223 e. The number of carbonyl (C=O) groups excluding carboxylic acids is 2. The monoisotopic (exact) mass is 236 g/mol. The van der Waals surface area contributed by atoms with Crippen molar-refractivity contribution in [3.05, 3.63) is 0 Å². The molecule has 0 saturated heterocycles. The van der Waals surface area contributed by atoms with Crippen molar-refractivity contribution >= 4 is 11.7 Å². The summed E-state index contributed by atoms with van der Waals surface area (Å²) in [4.78, 5) is 23.3. The maximum absolute atomic E-state index is 11.8. The van der Waals surface area contributed by atoms with Crippen LogP contribution in [0.15, 0.2) is 0 Å². The molecule has 1 fully saturated rings. The molecule has 0 atom stereocenters. The summed E-state index contributed by atoms with van der Waals surface area (Å²) < 4.78 is 0. The highest BCUT2D eigenvalue weighted by molar-refractivity contribution is 5.83. The zero-order valence-electron chi connectivity index (χ0n) is 10.5. The van der Waals surface area contributed by atoms with Crippen LogP contribution in [0, 0.1) is 23.2 Å². The number of ketones is 1. The van der Waals surface area contributed by atoms with Gasteiger partial charge in [-0.15, -0.1) is 0 Å². The van der Waals surface area contributed by atoms with Gasteiger partial charge in [-0.2, -0.15) is 5.26 Å². The number of rotatable bonds is 4. The van der Waals surface area contributed by atoms with Crippen LogP contribution < -0.4 is 5.32 Å². The Hall–Kier alpha value is -1.37. The first-order valence-electron chi connectivity index (χ1n) is 6.24. The maximum Gasteiger partial charge on any atom is 0.223 e. The molecule has 1 amide bonds. The lowest BCUT2D eigenvalue weighted by Gasteiger charge is -2.27. The van der Waals surface area contributed by atoms with Gasteiger partial charge in [0, 0.05) is 17.9 Å². The molecule has 0 bridgehead atoms. The fraction of sp³-hybridized carbons (Fsp3) is 0.769. The molecule has 0 radical (unpaired) electrons. The van der Waals surface area contributed by atoms with E-state index in [2.05, 4.69) is 5.32 Å². The Bertz CT molecular complexity index is 323. The van der Waals surface area contributed by atoms with Crippen LogP contribution in [0.3, 0.4) is 0 Å². The van der Waals surface area contributed by atoms with Crippen LogP contribution in [-0.2, 0) is 9.59 Å². The molecule has 1 aliphatic rings. The standard InChI is InChI=1S/C13H20N2O2/c1-9(2)15-13(17)11-5-3-10(4-6-11)12(16)7-8-14/h9-11H,3-7H2,1-2H3,(H,15,17). The second kappa shape index (κ2) is 6.39. The van der Waals surface area contributed by atoms with Crippen molar-refractivity contribution in [3.63, 3.8) is 0 Å². The van der Waals surface area contributed by atoms with Gasteiger partial charge in [0.2, 0.25) is 5.91 Å². The van der Waals surface area contributed by atoms with Gasteiger partial charge in [0.25, 0.3) is 0 Å². The van der Waals surface area contributed by atoms with Gasteiger partial charge in [0.15, 0.2) is 0 Å². The number of Topliss-reactive ketones (excluding diaryl/α,β-unsaturated/α-hetero) is 1. The Balaban J connectivity index is 2.38. The van der Waals surface area contributed by atoms with Crippen LogP contribution in [0.2, 0.25) is 0 Å². The zero-order chi connectivity index (χ0) is 12.8. The van der Waals surface area contributed by atoms with Crippen molar-refractivity contribution in [2.75, 3.05) is 0 Å². The van der Waals surface area contributed by atoms with E-state index >= 15 is 0 Å². The molecule has 4 heteroatoms. The van der Waals surface area contributed by atoms with Crippen molar-refractivity contribution in [1.29, 1.82) is 5.26 Å². The predicted octanol–water partition coefficient (Wildman–Crippen LogP) is 1.80. The predicted molar refractivity (Wildman–Crippen MR) is 64.0 cm³/mol. The average molecular weight is 236 g/mol. The number of hydrogen-bond acceptors (Lipinski definition) is 3. The first kappa shape index (κ1) is 13.7. The van der Waals surface area contributed by atoms with E-state index in [1.165, 1.54) is 0 Å². The van der Waals surface area contributed by atoms with E-state index in [1.54, 1.807) is 0 Å². The second-order valence-electron chi connectivity index (χ2n) is 5.01. The lowest BCUT2D eigenvalue weighted by atomic mass is 9.79. The number of amides is 1. The van der Waals surface area contributed by atoms with Gasteiger partial charge in [0.1, 0.15) is 5.78 Å². The molecular formula is C13H20N2O2. The first-order chi connectivity index (χ1) is 8.04. The van der Waals surface area contributed by atoms with E-state index in [1.807, 2.05) is 19.9 Å². The van der Waals surface area contributed by atoms with E-state index in [0.29, 0.717) is 0 Å². The van der Waals surface area contributed by atoms with Crippen LogP contribution in [-0.4, -0.2) is 17.7 Å². The summed E-state index contributed by atoms with van der Waals surface area (Å²) in [7, 11) is 0. The van der Waals surface area contributed by atoms with E-state index in [4.69, 9.17) is 5.26 Å². The maximum atomic E-state index is 11.8. The highest BCUT2D eigenvalue weighted by Gasteiger charge is 2.29. The molecule has 0 spiro atoms. The molecule has 0 unspecified atom stereocenters. The van der Waals surface area contributed by atoms with Crippen molar-refractivity contribution in [3.8, 4) is 6.07 Å². The van der Waals surface area contributed by atoms with Crippen LogP contribution in [0.25, 0.3) is 0 Å². The molecule has 1 N–H and O–H groups in total. The molecule has 94 valence electrons. The fourth-order valence-electron chi connectivity index (χ4n) is 2.30. The van der Waals surface area contributed by atoms with Gasteiger partial charge in [-0.3, -0.25) is 9.59 Å². The molecule has 1 rings (SSSR count). The van der Waals surface area contributed by atoms with E-state index in [0.717, 1.165) is 25.7 Å². The lowest BCUT2D eigenvalue weighted by Crippen LogP contribution is -2.37. The van der Waals surface area contributed by atoms with Crippen molar-refractivity contribution in [1.82, 2.24) is 5.32 Å². The first-order valence-corrected chi connectivity index (χ1v) is 6.24. The molecule has 0 heterocycles. The average Bonchev–Trinajstić information content (AvgIpc) is 2.28. The fourth-order valence-corrected chi connectivity index (χ4v) is 2.30. The van der Waals surface area contributed by atoms with E-state index < -0.39 is 0 Å². The summed E-state index contributed by atoms with van der Waals surface area (Å²) >= 11 is 0. The topological polar surface area (TPSA) is 70.0 Å². The third kappa shape index (κ3) is 4.18. The largest absolute Gasteiger partial charge is 0.354 e. The van der Waals surface area contributed by atoms with Crippen LogP contribution in [0.1, 0.15) is 46.0 Å². The number of nitrogens with one attached hydrogen (secondary N) is 1. The minimum atomic E-state index is -0.00208. The molecular weight excluding hydrogens is 216 g/mol. The van der Waals surface area contributed by atoms with Gasteiger partial charge >= 0.3 is 0 Å². The summed E-state index contributed by atoms with van der Waals surface area (Å²) in [5, 5.41) is 11.4. The van der Waals surface area contributed by atoms with Crippen LogP contribution in [0.5, 0.6) is 0 Å². The minimum absolute atomic E-state index is 0.00208. The summed E-state index contributed by atoms with van der Waals surface area (Å²) in [5.41, 5.74) is 0. The Morgan fingerprint density at radius 1 is 1.24 bits per heavy atom. The van der Waals surface area contributed by atoms with Crippen molar-refractivity contribution < 1.29 is 9.59 Å². The highest BCUT2D eigenvalue weighted by Crippen LogP contribution is 2.30. The third-order valence-electron chi connectivity index (χ3n) is 3.24. The van der Waals surface area contributed by atoms with Crippen molar-refractivity contribution in [2.24, 2.45) is 11.8 Å². The van der Waals surface area contributed by atoms with E-state index in [-0.39, 0.29) is 36.0 Å². The summed E-state index contributed by atoms with van der Waals surface area (Å²) in [5.74, 6) is 0.183. The Labute approximate surface area is 102 Å². The summed E-state index contributed by atoms with van der Waals surface area (Å²) in [6.07, 6.45) is 3.03. The lowest BCUT2D eigenvalue weighted by molar-refractivity contribution is -0.129. The molecule has 1 aliphatic carbocycles. The minimum Gasteiger partial charge on any atom is -0.354 e. The number of carbonyl (C=O) groups is 2. The van der Waals surface area contributed by atoms with E-state index in [9.17, 15) is 9.59 Å². The van der Waals surface area contributed by atoms with Gasteiger partial charge in [-0.05, 0) is 39.5 Å². The summed E-state index contributed by atoms with van der Waals surface area (Å²) in [6.45, 7) is 3.89. The van der Waals surface area contributed by atoms with Gasteiger partial charge < -0.3 is 5.32 Å². The van der Waals surface area contributed by atoms with Gasteiger partial charge in [0.05, 0.1) is 12.5 Å². The second-order valence-corrected chi connectivity index (χ2v) is 5.01. The Kier molecular flexibility index (Phi) is 5.14. The highest BCUT2D eigenvalue weighted by atomic mass is 16.2. The Morgan fingerprint density at radius 2 is 1.76 bits per heavy atom. The summed E-state index contributed by atoms with van der Waals surface area (Å²) in [6, 6.07) is 2.06. The van der Waals surface area contributed by atoms with Crippen LogP contribution >= 0.6 is 0 Å². The molecule has 0 aliphatic heterocycles. The molecule has 0 aromatic heterocycles. The SMILES string of the molecule is CC(C)NC(=O)C1CCC(C(=O)CC#N)CC1. The molecule has 1 saturated carbocycles. The van der Waals surface area contributed by atoms with Crippen LogP contribution in [0.4, 0.5) is 0 Å². The normalized spacial score (nSPS) is 24.1. The zero-order valence-corrected chi connectivity index (χ0v) is 10.5. The third-order valence-corrected chi connectivity index (χ3v) is 3.24. The molecule has 17 heavy (non-hydrogen) atoms. The molecule has 0 aromatic carbocycles. The van der Waals surface area contributed by atoms with Gasteiger partial charge in [-0.1, -0.05) is 0 Å². The molecule has 0 aromatic rings. The number of nitriles is 1. The van der Waals surface area contributed by atoms with Gasteiger partial charge in [-0.25, -0.2) is 0 Å². The number of nitrogens with zero attached hydrogens (tertiary/aromatic N) is 1. The quantitative estimate of drug-likeness (QED) is 0.809. The van der Waals surface area contributed by atoms with Crippen molar-refractivity contribution in [2.45, 2.75) is 52.0 Å². The molecule has 4 nitrogen and oxygen atoms in total.